The third-order valence-corrected chi connectivity index (χ3v) is 1.98. The van der Waals surface area contributed by atoms with Crippen LogP contribution in [-0.2, 0) is 27.3 Å². The molecule has 0 rings (SSSR count). The molecule has 0 aromatic carbocycles. The molecule has 0 aliphatic rings. The summed E-state index contributed by atoms with van der Waals surface area (Å²) < 4.78 is 203. The van der Waals surface area contributed by atoms with Gasteiger partial charge in [0, 0.05) is 0 Å². The van der Waals surface area contributed by atoms with E-state index in [1.807, 2.05) is 0 Å². The molecule has 0 radical (unpaired) electrons. The average Bonchev–Trinajstić information content (AvgIpc) is 2.35. The molecule has 0 spiro atoms. The molecule has 0 aromatic heterocycles. The Morgan fingerprint density at radius 3 is 0.556 bits per heavy atom. The molecular weight excluding hydrogens is 550 g/mol. The number of rotatable bonds is 4. The van der Waals surface area contributed by atoms with Crippen LogP contribution in [0.15, 0.2) is 0 Å². The van der Waals surface area contributed by atoms with Gasteiger partial charge in [0.05, 0.1) is 12.9 Å². The van der Waals surface area contributed by atoms with E-state index < -0.39 is 48.9 Å². The van der Waals surface area contributed by atoms with Crippen LogP contribution in [0.1, 0.15) is 0 Å². The smallest absolute Gasteiger partial charge is 0.415 e. The molecule has 160 valence electrons. The van der Waals surface area contributed by atoms with Crippen LogP contribution in [0, 0.1) is 12.9 Å². The van der Waals surface area contributed by atoms with Crippen molar-refractivity contribution >= 4 is 0 Å². The average molecular weight is 550 g/mol. The fraction of sp³-hybridized carbons (Fsp3) is 0.750. The Labute approximate surface area is 156 Å². The van der Waals surface area contributed by atoms with Crippen molar-refractivity contribution < 1.29 is 106 Å². The second-order valence-corrected chi connectivity index (χ2v) is 3.81. The summed E-state index contributed by atoms with van der Waals surface area (Å²) in [4.78, 5) is 0. The molecule has 0 saturated carbocycles. The van der Waals surface area contributed by atoms with Gasteiger partial charge in [0.15, 0.2) is 0 Å². The molecule has 0 aliphatic heterocycles. The Hall–Kier alpha value is -0.338. The Bertz CT molecular complexity index is 401. The van der Waals surface area contributed by atoms with Crippen molar-refractivity contribution in [3.8, 4) is 0 Å². The largest absolute Gasteiger partial charge is 2.00 e. The summed E-state index contributed by atoms with van der Waals surface area (Å²) in [6.07, 6.45) is -22.0. The molecule has 0 aliphatic carbocycles. The Kier molecular flexibility index (Phi) is 10.4. The van der Waals surface area contributed by atoms with Gasteiger partial charge in [0.2, 0.25) is 0 Å². The zero-order valence-electron chi connectivity index (χ0n) is 11.5. The van der Waals surface area contributed by atoms with Crippen LogP contribution in [0.2, 0.25) is 0 Å². The van der Waals surface area contributed by atoms with Gasteiger partial charge in [-0.3, -0.25) is 0 Å². The van der Waals surface area contributed by atoms with Crippen molar-refractivity contribution in [1.82, 2.24) is 0 Å². The molecule has 0 nitrogen and oxygen atoms in total. The fourth-order valence-electron chi connectivity index (χ4n) is 0.593. The second kappa shape index (κ2) is 8.99. The van der Waals surface area contributed by atoms with E-state index in [1.54, 1.807) is 0 Å². The number of halogens is 18. The summed E-state index contributed by atoms with van der Waals surface area (Å²) in [6.45, 7) is 0. The first-order chi connectivity index (χ1) is 10.9. The van der Waals surface area contributed by atoms with Crippen molar-refractivity contribution in [2.45, 2.75) is 36.0 Å². The van der Waals surface area contributed by atoms with Gasteiger partial charge in [-0.2, -0.15) is 43.9 Å². The van der Waals surface area contributed by atoms with Crippen LogP contribution in [0.5, 0.6) is 0 Å². The van der Waals surface area contributed by atoms with E-state index in [2.05, 4.69) is 0 Å². The van der Waals surface area contributed by atoms with Crippen molar-refractivity contribution in [2.24, 2.45) is 0 Å². The minimum atomic E-state index is -6.77. The van der Waals surface area contributed by atoms with E-state index in [4.69, 9.17) is 0 Å². The van der Waals surface area contributed by atoms with Crippen LogP contribution in [-0.4, -0.2) is 36.0 Å². The second-order valence-electron chi connectivity index (χ2n) is 3.81. The summed E-state index contributed by atoms with van der Waals surface area (Å²) in [5, 5.41) is 0. The molecule has 0 unspecified atom stereocenters. The van der Waals surface area contributed by atoms with E-state index in [9.17, 15) is 79.0 Å². The van der Waals surface area contributed by atoms with Gasteiger partial charge in [0.1, 0.15) is 0 Å². The van der Waals surface area contributed by atoms with Crippen molar-refractivity contribution in [1.29, 1.82) is 0 Å². The van der Waals surface area contributed by atoms with E-state index in [-0.39, 0.29) is 27.3 Å². The van der Waals surface area contributed by atoms with Crippen LogP contribution in [0.4, 0.5) is 79.0 Å². The first-order valence-electron chi connectivity index (χ1n) is 4.90. The quantitative estimate of drug-likeness (QED) is 0.213. The predicted molar refractivity (Wildman–Crippen MR) is 42.8 cm³/mol. The first-order valence-corrected chi connectivity index (χ1v) is 4.90. The molecule has 0 heterocycles. The van der Waals surface area contributed by atoms with Gasteiger partial charge in [0.25, 0.3) is 11.8 Å². The van der Waals surface area contributed by atoms with Crippen LogP contribution in [0.25, 0.3) is 0 Å². The minimum absolute atomic E-state index is 0. The normalized spacial score (nSPS) is 14.7. The molecular formula is C8CdF18. The van der Waals surface area contributed by atoms with E-state index >= 15 is 0 Å². The standard InChI is InChI=1S/2C4F9.Cd/c2*5-1(6)2(7,8)3(9,10)4(11,12)13;/q2*-1;+2. The summed E-state index contributed by atoms with van der Waals surface area (Å²) in [6, 6.07) is 0. The maximum atomic E-state index is 11.6. The zero-order valence-corrected chi connectivity index (χ0v) is 15.5. The zero-order chi connectivity index (χ0) is 22.2. The topological polar surface area (TPSA) is 0 Å². The van der Waals surface area contributed by atoms with Crippen molar-refractivity contribution in [3.05, 3.63) is 12.9 Å². The van der Waals surface area contributed by atoms with Gasteiger partial charge in [-0.1, -0.05) is 0 Å². The summed E-state index contributed by atoms with van der Waals surface area (Å²) in [7, 11) is 0. The molecule has 0 aromatic rings. The molecule has 0 saturated heterocycles. The van der Waals surface area contributed by atoms with E-state index in [0.29, 0.717) is 0 Å². The molecule has 0 N–H and O–H groups in total. The number of hydrogen-bond acceptors (Lipinski definition) is 0. The molecule has 27 heavy (non-hydrogen) atoms. The monoisotopic (exact) mass is 552 g/mol. The van der Waals surface area contributed by atoms with Gasteiger partial charge in [-0.25, -0.2) is 17.6 Å². The van der Waals surface area contributed by atoms with Crippen LogP contribution in [0.3, 0.4) is 0 Å². The van der Waals surface area contributed by atoms with Crippen molar-refractivity contribution in [2.75, 3.05) is 0 Å². The molecule has 0 fully saturated rings. The number of hydrogen-bond donors (Lipinski definition) is 0. The predicted octanol–water partition coefficient (Wildman–Crippen LogP) is 6.49. The Morgan fingerprint density at radius 2 is 0.519 bits per heavy atom. The first kappa shape index (κ1) is 31.4. The Morgan fingerprint density at radius 1 is 0.370 bits per heavy atom. The summed E-state index contributed by atoms with van der Waals surface area (Å²) in [5.74, 6) is -26.5. The van der Waals surface area contributed by atoms with Crippen LogP contribution >= 0.6 is 0 Å². The summed E-state index contributed by atoms with van der Waals surface area (Å²) >= 11 is 0. The van der Waals surface area contributed by atoms with Gasteiger partial charge >= 0.3 is 51.5 Å². The fourth-order valence-corrected chi connectivity index (χ4v) is 0.593. The Balaban J connectivity index is -0.000000411. The van der Waals surface area contributed by atoms with Gasteiger partial charge in [-0.15, -0.1) is 0 Å². The van der Waals surface area contributed by atoms with Gasteiger partial charge < -0.3 is 17.6 Å². The van der Waals surface area contributed by atoms with Crippen molar-refractivity contribution in [3.63, 3.8) is 0 Å². The van der Waals surface area contributed by atoms with Crippen LogP contribution < -0.4 is 0 Å². The summed E-state index contributed by atoms with van der Waals surface area (Å²) in [5.41, 5.74) is 0. The maximum absolute atomic E-state index is 11.6. The molecule has 0 bridgehead atoms. The maximum Gasteiger partial charge on any atom is 2.00 e. The minimum Gasteiger partial charge on any atom is -0.415 e. The third-order valence-electron chi connectivity index (χ3n) is 1.98. The molecule has 0 amide bonds. The van der Waals surface area contributed by atoms with Gasteiger partial charge in [-0.05, 0) is 0 Å². The number of alkyl halides is 14. The van der Waals surface area contributed by atoms with E-state index in [0.717, 1.165) is 0 Å². The molecule has 19 heteroatoms. The SMILES string of the molecule is F[C-](F)C(F)(F)C(F)(F)C(F)(F)F.F[C-](F)C(F)(F)C(F)(F)C(F)(F)F.[Cd+2]. The third kappa shape index (κ3) is 6.32. The molecule has 0 atom stereocenters. The van der Waals surface area contributed by atoms with E-state index in [1.165, 1.54) is 0 Å².